The van der Waals surface area contributed by atoms with Crippen molar-refractivity contribution in [1.29, 1.82) is 0 Å². The molecule has 0 aliphatic carbocycles. The molecule has 1 aromatic rings. The van der Waals surface area contributed by atoms with Crippen molar-refractivity contribution < 1.29 is 9.59 Å². The number of carbonyl (C=O) groups excluding carboxylic acids is 2. The van der Waals surface area contributed by atoms with Gasteiger partial charge in [-0.25, -0.2) is 0 Å². The summed E-state index contributed by atoms with van der Waals surface area (Å²) in [5.41, 5.74) is 1.14. The van der Waals surface area contributed by atoms with Crippen LogP contribution in [0, 0.1) is 13.8 Å². The molecule has 18 heavy (non-hydrogen) atoms. The van der Waals surface area contributed by atoms with Crippen molar-refractivity contribution in [2.45, 2.75) is 46.7 Å². The first kappa shape index (κ1) is 14.7. The van der Waals surface area contributed by atoms with E-state index in [1.165, 1.54) is 16.7 Å². The minimum Gasteiger partial charge on any atom is -0.348 e. The predicted molar refractivity (Wildman–Crippen MR) is 73.6 cm³/mol. The smallest absolute Gasteiger partial charge is 0.242 e. The molecule has 0 spiro atoms. The van der Waals surface area contributed by atoms with Gasteiger partial charge in [0.2, 0.25) is 11.8 Å². The van der Waals surface area contributed by atoms with Gasteiger partial charge >= 0.3 is 0 Å². The highest BCUT2D eigenvalue weighted by Gasteiger charge is 2.18. The van der Waals surface area contributed by atoms with Crippen molar-refractivity contribution in [3.05, 3.63) is 21.4 Å². The third kappa shape index (κ3) is 3.84. The average Bonchev–Trinajstić information content (AvgIpc) is 2.56. The fourth-order valence-electron chi connectivity index (χ4n) is 1.87. The van der Waals surface area contributed by atoms with E-state index in [4.69, 9.17) is 0 Å². The Balaban J connectivity index is 2.64. The van der Waals surface area contributed by atoms with Gasteiger partial charge in [-0.3, -0.25) is 9.59 Å². The maximum Gasteiger partial charge on any atom is 0.242 e. The average molecular weight is 268 g/mol. The van der Waals surface area contributed by atoms with Gasteiger partial charge in [-0.1, -0.05) is 0 Å². The first-order valence-corrected chi connectivity index (χ1v) is 6.77. The SMILES string of the molecule is CC(=O)N[C@@H](C)C(=O)N[C@H](C)c1cc(C)sc1C. The van der Waals surface area contributed by atoms with Crippen LogP contribution < -0.4 is 10.6 Å². The van der Waals surface area contributed by atoms with Gasteiger partial charge in [0.05, 0.1) is 6.04 Å². The second kappa shape index (κ2) is 6.00. The molecule has 2 amide bonds. The van der Waals surface area contributed by atoms with Crippen LogP contribution in [0.25, 0.3) is 0 Å². The summed E-state index contributed by atoms with van der Waals surface area (Å²) in [6.07, 6.45) is 0. The monoisotopic (exact) mass is 268 g/mol. The first-order chi connectivity index (χ1) is 8.31. The lowest BCUT2D eigenvalue weighted by Gasteiger charge is -2.18. The van der Waals surface area contributed by atoms with Crippen LogP contribution in [-0.2, 0) is 9.59 Å². The highest BCUT2D eigenvalue weighted by molar-refractivity contribution is 7.12. The van der Waals surface area contributed by atoms with E-state index in [1.807, 2.05) is 13.8 Å². The van der Waals surface area contributed by atoms with Crippen molar-refractivity contribution in [1.82, 2.24) is 10.6 Å². The zero-order valence-electron chi connectivity index (χ0n) is 11.5. The molecule has 0 unspecified atom stereocenters. The van der Waals surface area contributed by atoms with Crippen LogP contribution in [0.3, 0.4) is 0 Å². The Morgan fingerprint density at radius 1 is 1.22 bits per heavy atom. The second-order valence-electron chi connectivity index (χ2n) is 4.52. The minimum absolute atomic E-state index is 0.0429. The summed E-state index contributed by atoms with van der Waals surface area (Å²) in [4.78, 5) is 25.2. The molecule has 1 heterocycles. The lowest BCUT2D eigenvalue weighted by Crippen LogP contribution is -2.44. The molecule has 0 saturated heterocycles. The Morgan fingerprint density at radius 2 is 1.83 bits per heavy atom. The molecular weight excluding hydrogens is 248 g/mol. The van der Waals surface area contributed by atoms with E-state index in [0.29, 0.717) is 0 Å². The van der Waals surface area contributed by atoms with Crippen molar-refractivity contribution in [3.63, 3.8) is 0 Å². The third-order valence-electron chi connectivity index (χ3n) is 2.72. The molecule has 0 saturated carbocycles. The molecule has 5 heteroatoms. The molecule has 2 atom stereocenters. The Kier molecular flexibility index (Phi) is 4.90. The quantitative estimate of drug-likeness (QED) is 0.878. The zero-order chi connectivity index (χ0) is 13.9. The van der Waals surface area contributed by atoms with E-state index in [0.717, 1.165) is 5.56 Å². The highest BCUT2D eigenvalue weighted by atomic mass is 32.1. The normalized spacial score (nSPS) is 13.8. The minimum atomic E-state index is -0.509. The lowest BCUT2D eigenvalue weighted by atomic mass is 10.1. The van der Waals surface area contributed by atoms with Gasteiger partial charge in [0.15, 0.2) is 0 Å². The summed E-state index contributed by atoms with van der Waals surface area (Å²) in [5, 5.41) is 5.48. The van der Waals surface area contributed by atoms with Crippen LogP contribution in [-0.4, -0.2) is 17.9 Å². The molecule has 0 radical (unpaired) electrons. The van der Waals surface area contributed by atoms with Gasteiger partial charge in [0.25, 0.3) is 0 Å². The second-order valence-corrected chi connectivity index (χ2v) is 5.98. The van der Waals surface area contributed by atoms with Gasteiger partial charge in [0, 0.05) is 16.7 Å². The molecule has 1 aromatic heterocycles. The van der Waals surface area contributed by atoms with E-state index in [9.17, 15) is 9.59 Å². The number of aryl methyl sites for hydroxylation is 2. The Hall–Kier alpha value is -1.36. The molecule has 0 aromatic carbocycles. The third-order valence-corrected chi connectivity index (χ3v) is 3.70. The van der Waals surface area contributed by atoms with E-state index in [2.05, 4.69) is 23.6 Å². The van der Waals surface area contributed by atoms with Crippen molar-refractivity contribution in [2.75, 3.05) is 0 Å². The summed E-state index contributed by atoms with van der Waals surface area (Å²) in [6.45, 7) is 9.13. The largest absolute Gasteiger partial charge is 0.348 e. The van der Waals surface area contributed by atoms with Crippen molar-refractivity contribution in [2.24, 2.45) is 0 Å². The van der Waals surface area contributed by atoms with Crippen molar-refractivity contribution in [3.8, 4) is 0 Å². The van der Waals surface area contributed by atoms with Gasteiger partial charge in [-0.05, 0) is 39.3 Å². The maximum atomic E-state index is 11.9. The van der Waals surface area contributed by atoms with E-state index < -0.39 is 6.04 Å². The van der Waals surface area contributed by atoms with Gasteiger partial charge in [0.1, 0.15) is 6.04 Å². The molecule has 1 rings (SSSR count). The van der Waals surface area contributed by atoms with Crippen LogP contribution in [0.2, 0.25) is 0 Å². The molecule has 0 aliphatic heterocycles. The van der Waals surface area contributed by atoms with Crippen molar-refractivity contribution >= 4 is 23.2 Å². The first-order valence-electron chi connectivity index (χ1n) is 5.95. The fourth-order valence-corrected chi connectivity index (χ4v) is 2.89. The lowest BCUT2D eigenvalue weighted by molar-refractivity contribution is -0.128. The molecule has 0 bridgehead atoms. The molecule has 2 N–H and O–H groups in total. The number of thiophene rings is 1. The van der Waals surface area contributed by atoms with Gasteiger partial charge in [-0.15, -0.1) is 11.3 Å². The molecule has 4 nitrogen and oxygen atoms in total. The molecule has 0 fully saturated rings. The van der Waals surface area contributed by atoms with Crippen LogP contribution in [0.4, 0.5) is 0 Å². The van der Waals surface area contributed by atoms with Gasteiger partial charge in [-0.2, -0.15) is 0 Å². The summed E-state index contributed by atoms with van der Waals surface area (Å²) in [5.74, 6) is -0.367. The molecular formula is C13H20N2O2S. The summed E-state index contributed by atoms with van der Waals surface area (Å²) in [7, 11) is 0. The molecule has 0 aliphatic rings. The molecule has 100 valence electrons. The maximum absolute atomic E-state index is 11.9. The van der Waals surface area contributed by atoms with Gasteiger partial charge < -0.3 is 10.6 Å². The number of amides is 2. The van der Waals surface area contributed by atoms with Crippen LogP contribution in [0.15, 0.2) is 6.07 Å². The van der Waals surface area contributed by atoms with Crippen LogP contribution >= 0.6 is 11.3 Å². The zero-order valence-corrected chi connectivity index (χ0v) is 12.3. The summed E-state index contributed by atoms with van der Waals surface area (Å²) < 4.78 is 0. The summed E-state index contributed by atoms with van der Waals surface area (Å²) >= 11 is 1.72. The summed E-state index contributed by atoms with van der Waals surface area (Å²) in [6, 6.07) is 1.54. The van der Waals surface area contributed by atoms with Crippen LogP contribution in [0.1, 0.15) is 42.1 Å². The topological polar surface area (TPSA) is 58.2 Å². The van der Waals surface area contributed by atoms with E-state index >= 15 is 0 Å². The number of rotatable bonds is 4. The number of carbonyl (C=O) groups is 2. The fraction of sp³-hybridized carbons (Fsp3) is 0.538. The predicted octanol–water partition coefficient (Wildman–Crippen LogP) is 2.07. The number of nitrogens with one attached hydrogen (secondary N) is 2. The standard InChI is InChI=1S/C13H20N2O2S/c1-7-6-12(10(4)18-7)8(2)15-13(17)9(3)14-11(5)16/h6,8-9H,1-5H3,(H,14,16)(H,15,17)/t8-,9+/m1/s1. The van der Waals surface area contributed by atoms with E-state index in [-0.39, 0.29) is 17.9 Å². The number of hydrogen-bond acceptors (Lipinski definition) is 3. The Morgan fingerprint density at radius 3 is 2.28 bits per heavy atom. The number of hydrogen-bond donors (Lipinski definition) is 2. The van der Waals surface area contributed by atoms with Crippen LogP contribution in [0.5, 0.6) is 0 Å². The Labute approximate surface area is 112 Å². The highest BCUT2D eigenvalue weighted by Crippen LogP contribution is 2.26. The van der Waals surface area contributed by atoms with E-state index in [1.54, 1.807) is 18.3 Å². The Bertz CT molecular complexity index is 454.